The highest BCUT2D eigenvalue weighted by molar-refractivity contribution is 7.22. The van der Waals surface area contributed by atoms with Crippen molar-refractivity contribution in [2.45, 2.75) is 19.9 Å². The smallest absolute Gasteiger partial charge is 0.301 e. The second-order valence-electron chi connectivity index (χ2n) is 10.1. The van der Waals surface area contributed by atoms with E-state index in [1.54, 1.807) is 35.7 Å². The minimum absolute atomic E-state index is 0.0407. The van der Waals surface area contributed by atoms with E-state index >= 15 is 0 Å². The number of anilines is 1. The molecular formula is C33H24N4O4S. The van der Waals surface area contributed by atoms with Crippen LogP contribution < -0.4 is 9.64 Å². The zero-order valence-electron chi connectivity index (χ0n) is 22.7. The number of fused-ring (bicyclic) bond motifs is 2. The van der Waals surface area contributed by atoms with Crippen LogP contribution in [-0.2, 0) is 9.59 Å². The lowest BCUT2D eigenvalue weighted by atomic mass is 9.96. The summed E-state index contributed by atoms with van der Waals surface area (Å²) in [6, 6.07) is 26.9. The lowest BCUT2D eigenvalue weighted by Crippen LogP contribution is -2.29. The number of rotatable bonds is 5. The van der Waals surface area contributed by atoms with Crippen LogP contribution in [0.3, 0.4) is 0 Å². The number of aliphatic hydroxyl groups excluding tert-OH is 1. The maximum Gasteiger partial charge on any atom is 0.301 e. The number of thiazole rings is 1. The number of carbonyl (C=O) groups is 2. The lowest BCUT2D eigenvalue weighted by Gasteiger charge is -2.23. The van der Waals surface area contributed by atoms with E-state index in [-0.39, 0.29) is 11.3 Å². The van der Waals surface area contributed by atoms with Gasteiger partial charge < -0.3 is 9.84 Å². The molecule has 42 heavy (non-hydrogen) atoms. The molecule has 1 unspecified atom stereocenters. The second-order valence-corrected chi connectivity index (χ2v) is 11.1. The Balaban J connectivity index is 1.44. The number of ketones is 1. The van der Waals surface area contributed by atoms with Crippen molar-refractivity contribution in [1.82, 2.24) is 14.4 Å². The first kappa shape index (κ1) is 25.7. The van der Waals surface area contributed by atoms with Crippen LogP contribution in [0.1, 0.15) is 28.6 Å². The van der Waals surface area contributed by atoms with Crippen molar-refractivity contribution >= 4 is 49.8 Å². The van der Waals surface area contributed by atoms with Crippen LogP contribution in [0.4, 0.5) is 5.13 Å². The van der Waals surface area contributed by atoms with Crippen LogP contribution >= 0.6 is 11.3 Å². The Morgan fingerprint density at radius 2 is 1.67 bits per heavy atom. The molecule has 9 heteroatoms. The number of imidazole rings is 1. The van der Waals surface area contributed by atoms with Crippen LogP contribution in [0, 0.1) is 13.8 Å². The zero-order valence-corrected chi connectivity index (χ0v) is 23.5. The number of Topliss-reactive ketones (excluding diaryl/α,β-unsaturated/α-hetero) is 1. The van der Waals surface area contributed by atoms with E-state index in [1.807, 2.05) is 79.7 Å². The van der Waals surface area contributed by atoms with E-state index in [4.69, 9.17) is 9.72 Å². The van der Waals surface area contributed by atoms with Gasteiger partial charge in [0.2, 0.25) is 0 Å². The van der Waals surface area contributed by atoms with Gasteiger partial charge in [-0.05, 0) is 73.5 Å². The van der Waals surface area contributed by atoms with Gasteiger partial charge in [-0.3, -0.25) is 18.9 Å². The van der Waals surface area contributed by atoms with Gasteiger partial charge in [-0.25, -0.2) is 9.97 Å². The van der Waals surface area contributed by atoms with Crippen molar-refractivity contribution in [2.75, 3.05) is 4.90 Å². The molecular weight excluding hydrogens is 548 g/mol. The average molecular weight is 573 g/mol. The number of amides is 1. The molecule has 0 bridgehead atoms. The predicted molar refractivity (Wildman–Crippen MR) is 162 cm³/mol. The summed E-state index contributed by atoms with van der Waals surface area (Å²) in [6.45, 7) is 3.75. The van der Waals surface area contributed by atoms with Crippen molar-refractivity contribution in [3.8, 4) is 11.5 Å². The summed E-state index contributed by atoms with van der Waals surface area (Å²) >= 11 is 1.33. The lowest BCUT2D eigenvalue weighted by molar-refractivity contribution is -0.132. The predicted octanol–water partition coefficient (Wildman–Crippen LogP) is 6.98. The van der Waals surface area contributed by atoms with Gasteiger partial charge in [-0.2, -0.15) is 0 Å². The molecule has 0 saturated carbocycles. The zero-order chi connectivity index (χ0) is 29.0. The van der Waals surface area contributed by atoms with Crippen molar-refractivity contribution in [3.05, 3.63) is 125 Å². The average Bonchev–Trinajstić information content (AvgIpc) is 3.63. The van der Waals surface area contributed by atoms with Gasteiger partial charge >= 0.3 is 5.91 Å². The Labute approximate surface area is 244 Å². The number of ether oxygens (including phenoxy) is 1. The molecule has 1 N–H and O–H groups in total. The summed E-state index contributed by atoms with van der Waals surface area (Å²) in [4.78, 5) is 38.3. The Morgan fingerprint density at radius 1 is 0.881 bits per heavy atom. The van der Waals surface area contributed by atoms with Crippen LogP contribution in [-0.4, -0.2) is 31.2 Å². The van der Waals surface area contributed by atoms with Crippen LogP contribution in [0.2, 0.25) is 0 Å². The molecule has 1 saturated heterocycles. The molecule has 1 fully saturated rings. The fourth-order valence-corrected chi connectivity index (χ4v) is 6.46. The third kappa shape index (κ3) is 4.22. The molecule has 0 radical (unpaired) electrons. The number of aryl methyl sites for hydroxylation is 2. The number of hydrogen-bond donors (Lipinski definition) is 1. The normalized spacial score (nSPS) is 16.5. The Morgan fingerprint density at radius 3 is 2.50 bits per heavy atom. The quantitative estimate of drug-likeness (QED) is 0.136. The molecule has 3 aromatic heterocycles. The number of aromatic nitrogens is 3. The highest BCUT2D eigenvalue weighted by Gasteiger charge is 2.48. The standard InChI is InChI=1S/C33H24N4O4S/c1-19-14-15-24-25(17-19)42-33(35-24)37-29(21-9-8-12-23(18-21)41-22-10-4-3-5-11-22)27(31(39)32(37)40)30(38)28-20(2)34-26-13-6-7-16-36(26)28/h3-18,29,38H,1-2H3. The van der Waals surface area contributed by atoms with Gasteiger partial charge in [0.25, 0.3) is 5.78 Å². The van der Waals surface area contributed by atoms with E-state index in [0.717, 1.165) is 15.8 Å². The van der Waals surface area contributed by atoms with Crippen molar-refractivity contribution < 1.29 is 19.4 Å². The molecule has 0 spiro atoms. The summed E-state index contributed by atoms with van der Waals surface area (Å²) in [7, 11) is 0. The van der Waals surface area contributed by atoms with E-state index in [1.165, 1.54) is 16.2 Å². The summed E-state index contributed by atoms with van der Waals surface area (Å²) in [5.41, 5.74) is 3.82. The number of aliphatic hydroxyl groups is 1. The topological polar surface area (TPSA) is 97.0 Å². The fourth-order valence-electron chi connectivity index (χ4n) is 5.37. The van der Waals surface area contributed by atoms with Gasteiger partial charge in [0.05, 0.1) is 27.5 Å². The first-order chi connectivity index (χ1) is 20.4. The third-order valence-corrected chi connectivity index (χ3v) is 8.28. The number of para-hydroxylation sites is 1. The van der Waals surface area contributed by atoms with Crippen LogP contribution in [0.5, 0.6) is 11.5 Å². The Hall–Kier alpha value is -5.28. The van der Waals surface area contributed by atoms with Crippen LogP contribution in [0.25, 0.3) is 21.6 Å². The second kappa shape index (κ2) is 9.97. The molecule has 4 heterocycles. The summed E-state index contributed by atoms with van der Waals surface area (Å²) in [5, 5.41) is 12.2. The first-order valence-electron chi connectivity index (χ1n) is 13.3. The minimum Gasteiger partial charge on any atom is -0.505 e. The number of pyridine rings is 1. The van der Waals surface area contributed by atoms with Gasteiger partial charge in [0.1, 0.15) is 22.8 Å². The molecule has 1 atom stereocenters. The van der Waals surface area contributed by atoms with Crippen LogP contribution in [0.15, 0.2) is 103 Å². The molecule has 7 rings (SSSR count). The Kier molecular flexibility index (Phi) is 6.09. The molecule has 6 aromatic rings. The molecule has 3 aromatic carbocycles. The Bertz CT molecular complexity index is 2060. The summed E-state index contributed by atoms with van der Waals surface area (Å²) in [6.07, 6.45) is 1.76. The van der Waals surface area contributed by atoms with E-state index in [2.05, 4.69) is 4.98 Å². The number of benzene rings is 3. The minimum atomic E-state index is -0.959. The van der Waals surface area contributed by atoms with E-state index < -0.39 is 17.7 Å². The van der Waals surface area contributed by atoms with Gasteiger partial charge in [-0.1, -0.05) is 53.8 Å². The fraction of sp³-hybridized carbons (Fsp3) is 0.0909. The van der Waals surface area contributed by atoms with E-state index in [0.29, 0.717) is 39.2 Å². The monoisotopic (exact) mass is 572 g/mol. The SMILES string of the molecule is Cc1ccc2nc(N3C(=O)C(=O)C(=C(O)c4c(C)nc5ccccn45)C3c3cccc(Oc4ccccc4)c3)sc2c1. The number of carbonyl (C=O) groups excluding carboxylic acids is 2. The third-order valence-electron chi connectivity index (χ3n) is 7.26. The van der Waals surface area contributed by atoms with Crippen molar-refractivity contribution in [1.29, 1.82) is 0 Å². The molecule has 1 amide bonds. The van der Waals surface area contributed by atoms with Gasteiger partial charge in [-0.15, -0.1) is 0 Å². The van der Waals surface area contributed by atoms with Crippen molar-refractivity contribution in [3.63, 3.8) is 0 Å². The first-order valence-corrected chi connectivity index (χ1v) is 14.2. The summed E-state index contributed by atoms with van der Waals surface area (Å²) < 4.78 is 8.69. The maximum atomic E-state index is 13.8. The highest BCUT2D eigenvalue weighted by Crippen LogP contribution is 2.45. The van der Waals surface area contributed by atoms with Gasteiger partial charge in [0, 0.05) is 6.20 Å². The molecule has 0 aliphatic carbocycles. The number of hydrogen-bond acceptors (Lipinski definition) is 7. The highest BCUT2D eigenvalue weighted by atomic mass is 32.1. The molecule has 206 valence electrons. The molecule has 1 aliphatic rings. The van der Waals surface area contributed by atoms with E-state index in [9.17, 15) is 14.7 Å². The van der Waals surface area contributed by atoms with Crippen molar-refractivity contribution in [2.24, 2.45) is 0 Å². The molecule has 1 aliphatic heterocycles. The number of nitrogens with zero attached hydrogens (tertiary/aromatic N) is 4. The summed E-state index contributed by atoms with van der Waals surface area (Å²) in [5.74, 6) is -0.698. The molecule has 8 nitrogen and oxygen atoms in total. The van der Waals surface area contributed by atoms with Gasteiger partial charge in [0.15, 0.2) is 10.9 Å². The largest absolute Gasteiger partial charge is 0.505 e. The maximum absolute atomic E-state index is 13.8.